The van der Waals surface area contributed by atoms with Crippen molar-refractivity contribution in [1.82, 2.24) is 0 Å². The molecule has 0 bridgehead atoms. The summed E-state index contributed by atoms with van der Waals surface area (Å²) in [6.45, 7) is 10.5. The van der Waals surface area contributed by atoms with Gasteiger partial charge in [0.05, 0.1) is 12.0 Å². The summed E-state index contributed by atoms with van der Waals surface area (Å²) in [5.41, 5.74) is -5.76. The topological polar surface area (TPSA) is 77.2 Å². The molecule has 0 amide bonds. The van der Waals surface area contributed by atoms with E-state index in [2.05, 4.69) is 30.0 Å². The van der Waals surface area contributed by atoms with Crippen LogP contribution in [-0.4, -0.2) is 17.7 Å². The van der Waals surface area contributed by atoms with Crippen LogP contribution in [0.4, 0.5) is 14.5 Å². The Hall–Kier alpha value is -1.85. The molecule has 0 aliphatic carbocycles. The van der Waals surface area contributed by atoms with E-state index in [0.29, 0.717) is 10.8 Å². The molecule has 1 N–H and O–H groups in total. The number of carbonyl (C=O) groups excluding carboxylic acids is 1. The van der Waals surface area contributed by atoms with E-state index in [1.54, 1.807) is 6.07 Å². The number of hydrogen-bond donors (Lipinski definition) is 1. The highest BCUT2D eigenvalue weighted by molar-refractivity contribution is 9.10. The predicted molar refractivity (Wildman–Crippen MR) is 103 cm³/mol. The number of ether oxygens (including phenoxy) is 1. The zero-order chi connectivity index (χ0) is 21.3. The number of hydrogen-bond acceptors (Lipinski definition) is 4. The first kappa shape index (κ1) is 22.4. The minimum Gasteiger partial charge on any atom is -0.438 e. The van der Waals surface area contributed by atoms with Crippen molar-refractivity contribution in [2.45, 2.75) is 26.4 Å². The number of fused-ring (bicyclic) bond motifs is 1. The first-order valence-electron chi connectivity index (χ1n) is 7.93. The van der Waals surface area contributed by atoms with Gasteiger partial charge in [-0.05, 0) is 49.7 Å². The molecule has 0 fully saturated rings. The van der Waals surface area contributed by atoms with Crippen molar-refractivity contribution in [3.8, 4) is 0 Å². The highest BCUT2D eigenvalue weighted by Crippen LogP contribution is 2.64. The van der Waals surface area contributed by atoms with Crippen LogP contribution in [0.25, 0.3) is 15.6 Å². The lowest BCUT2D eigenvalue weighted by molar-refractivity contribution is -0.160. The fourth-order valence-corrected chi connectivity index (χ4v) is 3.77. The average Bonchev–Trinajstić information content (AvgIpc) is 2.59. The van der Waals surface area contributed by atoms with E-state index in [0.717, 1.165) is 6.07 Å². The van der Waals surface area contributed by atoms with E-state index in [9.17, 15) is 23.0 Å². The zero-order valence-corrected chi connectivity index (χ0v) is 17.7. The van der Waals surface area contributed by atoms with Gasteiger partial charge in [-0.3, -0.25) is 13.9 Å². The molecule has 1 unspecified atom stereocenters. The van der Waals surface area contributed by atoms with Crippen LogP contribution in [0.3, 0.4) is 0 Å². The van der Waals surface area contributed by atoms with Gasteiger partial charge in [-0.15, -0.1) is 0 Å². The maximum absolute atomic E-state index is 14.8. The van der Waals surface area contributed by atoms with Gasteiger partial charge >= 0.3 is 19.2 Å². The van der Waals surface area contributed by atoms with Gasteiger partial charge in [0.15, 0.2) is 5.69 Å². The Bertz CT molecular complexity index is 1010. The monoisotopic (exact) mass is 475 g/mol. The third-order valence-corrected chi connectivity index (χ3v) is 5.81. The predicted octanol–water partition coefficient (Wildman–Crippen LogP) is 5.95. The van der Waals surface area contributed by atoms with E-state index in [1.807, 2.05) is 0 Å². The van der Waals surface area contributed by atoms with E-state index >= 15 is 0 Å². The molecular weight excluding hydrogens is 459 g/mol. The van der Waals surface area contributed by atoms with Crippen LogP contribution in [0.1, 0.15) is 26.3 Å². The standard InChI is InChI=1S/C18H17BrF2NO5P/c1-17(2,3)16(23)26-10-27-28(24,25)18(20,21)14-8-12-7-13(22-4)6-5-11(12)9-15(14)19/h5-9H,10H2,1-3H3,(H,24,25). The second kappa shape index (κ2) is 7.88. The van der Waals surface area contributed by atoms with Crippen LogP contribution in [0.15, 0.2) is 34.8 Å². The number of benzene rings is 2. The summed E-state index contributed by atoms with van der Waals surface area (Å²) in [6, 6.07) is 6.87. The molecule has 0 saturated heterocycles. The fraction of sp³-hybridized carbons (Fsp3) is 0.333. The number of nitrogens with zero attached hydrogens (tertiary/aromatic N) is 1. The molecule has 150 valence electrons. The van der Waals surface area contributed by atoms with Gasteiger partial charge in [-0.25, -0.2) is 4.85 Å². The molecular formula is C18H17BrF2NO5P. The summed E-state index contributed by atoms with van der Waals surface area (Å²) < 4.78 is 50.7. The van der Waals surface area contributed by atoms with Gasteiger partial charge in [0.25, 0.3) is 0 Å². The lowest BCUT2D eigenvalue weighted by Gasteiger charge is -2.24. The van der Waals surface area contributed by atoms with Gasteiger partial charge in [-0.1, -0.05) is 28.1 Å². The average molecular weight is 476 g/mol. The SMILES string of the molecule is [C-]#[N+]c1ccc2cc(Br)c(C(F)(F)P(=O)(O)OCOC(=O)C(C)(C)C)cc2c1. The lowest BCUT2D eigenvalue weighted by Crippen LogP contribution is -2.25. The summed E-state index contributed by atoms with van der Waals surface area (Å²) in [7, 11) is -5.55. The minimum atomic E-state index is -5.55. The summed E-state index contributed by atoms with van der Waals surface area (Å²) in [5, 5.41) is 0.858. The molecule has 2 aromatic carbocycles. The third-order valence-electron chi connectivity index (χ3n) is 3.75. The quantitative estimate of drug-likeness (QED) is 0.250. The van der Waals surface area contributed by atoms with Crippen LogP contribution < -0.4 is 0 Å². The molecule has 28 heavy (non-hydrogen) atoms. The van der Waals surface area contributed by atoms with Crippen LogP contribution >= 0.6 is 23.5 Å². The first-order chi connectivity index (χ1) is 12.8. The van der Waals surface area contributed by atoms with Crippen molar-refractivity contribution in [2.24, 2.45) is 5.41 Å². The summed E-state index contributed by atoms with van der Waals surface area (Å²) in [4.78, 5) is 24.7. The molecule has 0 aromatic heterocycles. The van der Waals surface area contributed by atoms with Crippen molar-refractivity contribution in [1.29, 1.82) is 0 Å². The van der Waals surface area contributed by atoms with Crippen molar-refractivity contribution in [3.05, 3.63) is 51.8 Å². The van der Waals surface area contributed by atoms with Gasteiger partial charge in [-0.2, -0.15) is 8.78 Å². The number of esters is 1. The zero-order valence-electron chi connectivity index (χ0n) is 15.2. The maximum atomic E-state index is 14.8. The van der Waals surface area contributed by atoms with Crippen LogP contribution in [-0.2, 0) is 24.3 Å². The number of alkyl halides is 2. The Morgan fingerprint density at radius 2 is 1.89 bits per heavy atom. The van der Waals surface area contributed by atoms with Crippen molar-refractivity contribution < 1.29 is 32.3 Å². The van der Waals surface area contributed by atoms with Crippen LogP contribution in [0.5, 0.6) is 0 Å². The Balaban J connectivity index is 2.33. The number of carbonyl (C=O) groups is 1. The van der Waals surface area contributed by atoms with Gasteiger partial charge in [0.2, 0.25) is 6.79 Å². The molecule has 0 aliphatic rings. The lowest BCUT2D eigenvalue weighted by atomic mass is 9.98. The minimum absolute atomic E-state index is 0.106. The Labute approximate surface area is 168 Å². The van der Waals surface area contributed by atoms with Crippen molar-refractivity contribution >= 4 is 46.0 Å². The Kier molecular flexibility index (Phi) is 6.31. The molecule has 0 radical (unpaired) electrons. The second-order valence-corrected chi connectivity index (χ2v) is 9.68. The Morgan fingerprint density at radius 3 is 2.46 bits per heavy atom. The van der Waals surface area contributed by atoms with Gasteiger partial charge < -0.3 is 9.63 Å². The van der Waals surface area contributed by atoms with E-state index in [-0.39, 0.29) is 10.2 Å². The van der Waals surface area contributed by atoms with Gasteiger partial charge in [0, 0.05) is 10.0 Å². The Morgan fingerprint density at radius 1 is 1.25 bits per heavy atom. The molecule has 0 heterocycles. The third kappa shape index (κ3) is 4.58. The maximum Gasteiger partial charge on any atom is 0.404 e. The van der Waals surface area contributed by atoms with Crippen molar-refractivity contribution in [2.75, 3.05) is 6.79 Å². The number of rotatable bonds is 5. The summed E-state index contributed by atoms with van der Waals surface area (Å²) in [6.07, 6.45) is 0. The van der Waals surface area contributed by atoms with E-state index < -0.39 is 37.0 Å². The highest BCUT2D eigenvalue weighted by atomic mass is 79.9. The van der Waals surface area contributed by atoms with Crippen LogP contribution in [0.2, 0.25) is 0 Å². The molecule has 2 rings (SSSR count). The van der Waals surface area contributed by atoms with Gasteiger partial charge in [0.1, 0.15) is 0 Å². The molecule has 0 saturated carbocycles. The molecule has 6 nitrogen and oxygen atoms in total. The smallest absolute Gasteiger partial charge is 0.404 e. The molecule has 10 heteroatoms. The molecule has 2 aromatic rings. The fourth-order valence-electron chi connectivity index (χ4n) is 2.16. The van der Waals surface area contributed by atoms with Crippen LogP contribution in [0, 0.1) is 12.0 Å². The summed E-state index contributed by atoms with van der Waals surface area (Å²) in [5.74, 6) is -0.769. The molecule has 0 aliphatic heterocycles. The largest absolute Gasteiger partial charge is 0.438 e. The number of halogens is 3. The molecule has 1 atom stereocenters. The highest BCUT2D eigenvalue weighted by Gasteiger charge is 2.54. The normalized spacial score (nSPS) is 14.4. The van der Waals surface area contributed by atoms with Crippen molar-refractivity contribution in [3.63, 3.8) is 0 Å². The summed E-state index contributed by atoms with van der Waals surface area (Å²) >= 11 is 2.99. The first-order valence-corrected chi connectivity index (χ1v) is 10.3. The molecule has 0 spiro atoms. The van der Waals surface area contributed by atoms with E-state index in [1.165, 1.54) is 39.0 Å². The van der Waals surface area contributed by atoms with E-state index in [4.69, 9.17) is 6.57 Å². The second-order valence-electron chi connectivity index (χ2n) is 6.97.